The topological polar surface area (TPSA) is 77.3 Å². The van der Waals surface area contributed by atoms with E-state index in [1.54, 1.807) is 0 Å². The molecule has 6 aromatic carbocycles. The van der Waals surface area contributed by atoms with Gasteiger partial charge in [0.15, 0.2) is 34.9 Å². The third kappa shape index (κ3) is 4.69. The Hall–Kier alpha value is -6.40. The van der Waals surface area contributed by atoms with E-state index in [1.807, 2.05) is 84.9 Å². The van der Waals surface area contributed by atoms with Crippen LogP contribution in [-0.4, -0.2) is 29.9 Å². The quantitative estimate of drug-likeness (QED) is 0.200. The largest absolute Gasteiger partial charge is 0.208 e. The summed E-state index contributed by atoms with van der Waals surface area (Å²) < 4.78 is 0. The third-order valence-electron chi connectivity index (χ3n) is 8.27. The normalized spacial score (nSPS) is 11.5. The van der Waals surface area contributed by atoms with Crippen molar-refractivity contribution in [3.05, 3.63) is 146 Å². The van der Waals surface area contributed by atoms with Crippen LogP contribution < -0.4 is 0 Å². The number of hydrogen-bond donors (Lipinski definition) is 0. The molecule has 0 atom stereocenters. The van der Waals surface area contributed by atoms with E-state index in [2.05, 4.69) is 60.7 Å². The van der Waals surface area contributed by atoms with Crippen molar-refractivity contribution in [3.8, 4) is 79.5 Å². The smallest absolute Gasteiger partial charge is 0.164 e. The minimum Gasteiger partial charge on any atom is -0.208 e. The van der Waals surface area contributed by atoms with Crippen molar-refractivity contribution in [1.29, 1.82) is 0 Å². The Bertz CT molecular complexity index is 2260. The van der Waals surface area contributed by atoms with Crippen LogP contribution in [0.3, 0.4) is 0 Å². The fourth-order valence-electron chi connectivity index (χ4n) is 5.90. The first-order chi connectivity index (χ1) is 22.7. The van der Waals surface area contributed by atoms with Gasteiger partial charge in [-0.2, -0.15) is 0 Å². The first-order valence-corrected chi connectivity index (χ1v) is 15.1. The van der Waals surface area contributed by atoms with Crippen molar-refractivity contribution in [2.24, 2.45) is 0 Å². The maximum atomic E-state index is 5.02. The van der Waals surface area contributed by atoms with Crippen LogP contribution in [0, 0.1) is 0 Å². The summed E-state index contributed by atoms with van der Waals surface area (Å²) in [7, 11) is 0. The molecule has 0 unspecified atom stereocenters. The van der Waals surface area contributed by atoms with E-state index >= 15 is 0 Å². The highest BCUT2D eigenvalue weighted by atomic mass is 15.0. The van der Waals surface area contributed by atoms with E-state index in [4.69, 9.17) is 29.9 Å². The Kier molecular flexibility index (Phi) is 6.03. The predicted octanol–water partition coefficient (Wildman–Crippen LogP) is 9.19. The van der Waals surface area contributed by atoms with Crippen molar-refractivity contribution in [2.45, 2.75) is 0 Å². The first-order valence-electron chi connectivity index (χ1n) is 15.1. The molecule has 1 aliphatic rings. The van der Waals surface area contributed by atoms with Crippen molar-refractivity contribution in [2.75, 3.05) is 0 Å². The highest BCUT2D eigenvalue weighted by Gasteiger charge is 2.17. The van der Waals surface area contributed by atoms with Crippen molar-refractivity contribution in [3.63, 3.8) is 0 Å². The van der Waals surface area contributed by atoms with Crippen molar-refractivity contribution < 1.29 is 0 Å². The monoisotopic (exact) mass is 588 g/mol. The second-order valence-electron chi connectivity index (χ2n) is 11.3. The zero-order valence-corrected chi connectivity index (χ0v) is 24.5. The SMILES string of the molecule is c1ccc(-c2nc3nc(n2)-c2ccc4ccc(cc4c2)-c2nc(-c4ccccc4)nc(n2)-c2cccc(c2)-c2cccc-3c2)cc1. The number of rotatable bonds is 2. The van der Waals surface area contributed by atoms with Gasteiger partial charge in [0, 0.05) is 33.4 Å². The molecule has 9 rings (SSSR count). The molecule has 6 heteroatoms. The van der Waals surface area contributed by atoms with Crippen LogP contribution in [-0.2, 0) is 0 Å². The molecule has 6 nitrogen and oxygen atoms in total. The molecule has 0 fully saturated rings. The summed E-state index contributed by atoms with van der Waals surface area (Å²) >= 11 is 0. The summed E-state index contributed by atoms with van der Waals surface area (Å²) in [6.07, 6.45) is 0. The van der Waals surface area contributed by atoms with Gasteiger partial charge in [-0.25, -0.2) is 29.9 Å². The summed E-state index contributed by atoms with van der Waals surface area (Å²) in [5.74, 6) is 3.72. The fourth-order valence-corrected chi connectivity index (χ4v) is 5.90. The first kappa shape index (κ1) is 26.0. The zero-order chi connectivity index (χ0) is 30.5. The molecule has 0 saturated carbocycles. The lowest BCUT2D eigenvalue weighted by atomic mass is 10.0. The number of aromatic nitrogens is 6. The molecule has 0 N–H and O–H groups in total. The number of fused-ring (bicyclic) bond motifs is 15. The Morgan fingerprint density at radius 2 is 0.543 bits per heavy atom. The van der Waals surface area contributed by atoms with Gasteiger partial charge >= 0.3 is 0 Å². The van der Waals surface area contributed by atoms with Gasteiger partial charge in [-0.05, 0) is 46.2 Å². The molecule has 0 radical (unpaired) electrons. The summed E-state index contributed by atoms with van der Waals surface area (Å²) in [6, 6.07) is 49.4. The molecule has 0 saturated heterocycles. The molecule has 0 spiro atoms. The minimum absolute atomic E-state index is 0.613. The molecule has 0 amide bonds. The Morgan fingerprint density at radius 1 is 0.217 bits per heavy atom. The average molecular weight is 589 g/mol. The summed E-state index contributed by atoms with van der Waals surface area (Å²) in [5.41, 5.74) is 7.56. The van der Waals surface area contributed by atoms with Gasteiger partial charge < -0.3 is 0 Å². The van der Waals surface area contributed by atoms with Crippen LogP contribution in [0.4, 0.5) is 0 Å². The summed E-state index contributed by atoms with van der Waals surface area (Å²) in [6.45, 7) is 0. The van der Waals surface area contributed by atoms with Gasteiger partial charge in [-0.1, -0.05) is 121 Å². The highest BCUT2D eigenvalue weighted by molar-refractivity contribution is 5.90. The maximum Gasteiger partial charge on any atom is 0.164 e. The molecule has 0 aliphatic carbocycles. The molecular formula is C40H24N6. The van der Waals surface area contributed by atoms with Crippen LogP contribution in [0.25, 0.3) is 90.2 Å². The Labute approximate surface area is 265 Å². The summed E-state index contributed by atoms with van der Waals surface area (Å²) in [4.78, 5) is 29.9. The maximum absolute atomic E-state index is 5.02. The molecule has 8 aromatic rings. The van der Waals surface area contributed by atoms with Crippen LogP contribution in [0.5, 0.6) is 0 Å². The average Bonchev–Trinajstić information content (AvgIpc) is 3.14. The van der Waals surface area contributed by atoms with Crippen LogP contribution in [0.15, 0.2) is 146 Å². The Morgan fingerprint density at radius 3 is 0.957 bits per heavy atom. The molecular weight excluding hydrogens is 564 g/mol. The fraction of sp³-hybridized carbons (Fsp3) is 0. The van der Waals surface area contributed by atoms with E-state index in [-0.39, 0.29) is 0 Å². The predicted molar refractivity (Wildman–Crippen MR) is 182 cm³/mol. The van der Waals surface area contributed by atoms with E-state index < -0.39 is 0 Å². The second-order valence-corrected chi connectivity index (χ2v) is 11.3. The number of hydrogen-bond acceptors (Lipinski definition) is 6. The number of nitrogens with zero attached hydrogens (tertiary/aromatic N) is 6. The van der Waals surface area contributed by atoms with Gasteiger partial charge in [0.2, 0.25) is 0 Å². The van der Waals surface area contributed by atoms with Gasteiger partial charge in [-0.15, -0.1) is 0 Å². The zero-order valence-electron chi connectivity index (χ0n) is 24.5. The van der Waals surface area contributed by atoms with E-state index in [9.17, 15) is 0 Å². The minimum atomic E-state index is 0.613. The number of benzene rings is 6. The third-order valence-corrected chi connectivity index (χ3v) is 8.27. The van der Waals surface area contributed by atoms with Gasteiger partial charge in [0.1, 0.15) is 0 Å². The Balaban J connectivity index is 1.34. The van der Waals surface area contributed by atoms with Gasteiger partial charge in [0.25, 0.3) is 0 Å². The lowest BCUT2D eigenvalue weighted by molar-refractivity contribution is 1.07. The lowest BCUT2D eigenvalue weighted by Crippen LogP contribution is -2.00. The second kappa shape index (κ2) is 10.6. The molecule has 3 heterocycles. The molecule has 46 heavy (non-hydrogen) atoms. The van der Waals surface area contributed by atoms with Crippen LogP contribution >= 0.6 is 0 Å². The summed E-state index contributed by atoms with van der Waals surface area (Å²) in [5, 5.41) is 2.13. The standard InChI is InChI=1S/C40H24N6/c1-3-9-26(10-4-1)35-41-37-30-15-7-13-28(21-30)29-14-8-16-31(22-29)38-42-36(27-11-5-2-6-12-27)44-40(46-38)33-20-18-25-17-19-32(23-34(25)24-33)39(43-35)45-37/h1-24H. The lowest BCUT2D eigenvalue weighted by Gasteiger charge is -2.10. The van der Waals surface area contributed by atoms with E-state index in [1.165, 1.54) is 0 Å². The van der Waals surface area contributed by atoms with Crippen molar-refractivity contribution >= 4 is 10.8 Å². The molecule has 214 valence electrons. The molecule has 2 aromatic heterocycles. The van der Waals surface area contributed by atoms with Crippen LogP contribution in [0.1, 0.15) is 0 Å². The highest BCUT2D eigenvalue weighted by Crippen LogP contribution is 2.33. The van der Waals surface area contributed by atoms with E-state index in [0.29, 0.717) is 34.9 Å². The molecule has 11 bridgehead atoms. The van der Waals surface area contributed by atoms with Crippen molar-refractivity contribution in [1.82, 2.24) is 29.9 Å². The van der Waals surface area contributed by atoms with Gasteiger partial charge in [-0.3, -0.25) is 0 Å². The molecule has 1 aliphatic heterocycles. The van der Waals surface area contributed by atoms with Crippen LogP contribution in [0.2, 0.25) is 0 Å². The van der Waals surface area contributed by atoms with Gasteiger partial charge in [0.05, 0.1) is 0 Å². The van der Waals surface area contributed by atoms with E-state index in [0.717, 1.165) is 55.3 Å².